The first-order valence-electron chi connectivity index (χ1n) is 7.19. The molecule has 0 saturated heterocycles. The van der Waals surface area contributed by atoms with Crippen LogP contribution in [0.2, 0.25) is 5.02 Å². The fraction of sp³-hybridized carbons (Fsp3) is 0.176. The van der Waals surface area contributed by atoms with Crippen molar-refractivity contribution in [2.45, 2.75) is 6.92 Å². The van der Waals surface area contributed by atoms with Crippen LogP contribution in [0.1, 0.15) is 6.92 Å². The number of benzene rings is 2. The molecule has 0 fully saturated rings. The molecular formula is C17H15ClF2N2O3. The molecule has 5 nitrogen and oxygen atoms in total. The van der Waals surface area contributed by atoms with Crippen molar-refractivity contribution >= 4 is 34.8 Å². The molecule has 0 spiro atoms. The van der Waals surface area contributed by atoms with E-state index in [0.29, 0.717) is 11.4 Å². The number of para-hydroxylation sites is 1. The molecule has 1 N–H and O–H groups in total. The lowest BCUT2D eigenvalue weighted by molar-refractivity contribution is -0.120. The predicted octanol–water partition coefficient (Wildman–Crippen LogP) is 3.62. The van der Waals surface area contributed by atoms with Gasteiger partial charge in [-0.25, -0.2) is 8.78 Å². The van der Waals surface area contributed by atoms with Crippen molar-refractivity contribution in [1.29, 1.82) is 0 Å². The maximum atomic E-state index is 13.6. The van der Waals surface area contributed by atoms with Crippen LogP contribution in [0.5, 0.6) is 5.75 Å². The molecule has 0 aliphatic heterocycles. The number of carbonyl (C=O) groups excluding carboxylic acids is 2. The smallest absolute Gasteiger partial charge is 0.244 e. The van der Waals surface area contributed by atoms with Gasteiger partial charge in [-0.1, -0.05) is 17.7 Å². The topological polar surface area (TPSA) is 58.6 Å². The zero-order valence-corrected chi connectivity index (χ0v) is 14.2. The van der Waals surface area contributed by atoms with E-state index in [9.17, 15) is 18.4 Å². The standard InChI is InChI=1S/C17H15ClF2N2O3/c1-10(23)22(11-6-7-15(25-2)12(18)8-11)9-16(24)21-17-13(19)4-3-5-14(17)20/h3-8H,9H2,1-2H3,(H,21,24). The van der Waals surface area contributed by atoms with Gasteiger partial charge in [0.2, 0.25) is 11.8 Å². The van der Waals surface area contributed by atoms with E-state index in [2.05, 4.69) is 5.32 Å². The Morgan fingerprint density at radius 2 is 1.84 bits per heavy atom. The van der Waals surface area contributed by atoms with Crippen molar-refractivity contribution < 1.29 is 23.1 Å². The molecule has 2 amide bonds. The SMILES string of the molecule is COc1ccc(N(CC(=O)Nc2c(F)cccc2F)C(C)=O)cc1Cl. The summed E-state index contributed by atoms with van der Waals surface area (Å²) in [4.78, 5) is 25.1. The first-order chi connectivity index (χ1) is 11.8. The second-order valence-electron chi connectivity index (χ2n) is 5.07. The minimum Gasteiger partial charge on any atom is -0.495 e. The lowest BCUT2D eigenvalue weighted by Gasteiger charge is -2.21. The molecule has 0 heterocycles. The number of rotatable bonds is 5. The highest BCUT2D eigenvalue weighted by molar-refractivity contribution is 6.32. The number of methoxy groups -OCH3 is 1. The van der Waals surface area contributed by atoms with Crippen molar-refractivity contribution in [3.05, 3.63) is 53.1 Å². The minimum absolute atomic E-state index is 0.256. The zero-order valence-electron chi connectivity index (χ0n) is 13.5. The van der Waals surface area contributed by atoms with E-state index in [1.165, 1.54) is 26.2 Å². The monoisotopic (exact) mass is 368 g/mol. The maximum Gasteiger partial charge on any atom is 0.244 e. The summed E-state index contributed by atoms with van der Waals surface area (Å²) < 4.78 is 32.2. The highest BCUT2D eigenvalue weighted by Crippen LogP contribution is 2.29. The number of ether oxygens (including phenoxy) is 1. The maximum absolute atomic E-state index is 13.6. The number of anilines is 2. The van der Waals surface area contributed by atoms with Crippen molar-refractivity contribution in [3.8, 4) is 5.75 Å². The Morgan fingerprint density at radius 1 is 1.20 bits per heavy atom. The van der Waals surface area contributed by atoms with E-state index in [-0.39, 0.29) is 5.02 Å². The van der Waals surface area contributed by atoms with Crippen molar-refractivity contribution in [1.82, 2.24) is 0 Å². The van der Waals surface area contributed by atoms with Gasteiger partial charge in [-0.05, 0) is 30.3 Å². The van der Waals surface area contributed by atoms with Crippen molar-refractivity contribution in [3.63, 3.8) is 0 Å². The highest BCUT2D eigenvalue weighted by atomic mass is 35.5. The molecule has 0 aromatic heterocycles. The van der Waals surface area contributed by atoms with Gasteiger partial charge in [0.15, 0.2) is 0 Å². The third kappa shape index (κ3) is 4.45. The van der Waals surface area contributed by atoms with Gasteiger partial charge < -0.3 is 15.0 Å². The molecule has 0 saturated carbocycles. The van der Waals surface area contributed by atoms with E-state index in [0.717, 1.165) is 17.0 Å². The summed E-state index contributed by atoms with van der Waals surface area (Å²) in [6, 6.07) is 7.76. The molecule has 0 aliphatic rings. The summed E-state index contributed by atoms with van der Waals surface area (Å²) in [6.45, 7) is 0.820. The second kappa shape index (κ2) is 7.94. The number of amides is 2. The van der Waals surface area contributed by atoms with Crippen LogP contribution in [0.3, 0.4) is 0 Å². The Bertz CT molecular complexity index is 794. The molecule has 0 bridgehead atoms. The molecule has 2 aromatic carbocycles. The number of halogens is 3. The van der Waals surface area contributed by atoms with Crippen LogP contribution in [0.15, 0.2) is 36.4 Å². The van der Waals surface area contributed by atoms with Gasteiger partial charge in [0.1, 0.15) is 29.6 Å². The summed E-state index contributed by atoms with van der Waals surface area (Å²) >= 11 is 6.02. The minimum atomic E-state index is -0.907. The molecule has 0 radical (unpaired) electrons. The Balaban J connectivity index is 2.20. The molecule has 2 aromatic rings. The Hall–Kier alpha value is -2.67. The van der Waals surface area contributed by atoms with E-state index in [1.807, 2.05) is 0 Å². The summed E-state index contributed by atoms with van der Waals surface area (Å²) in [5, 5.41) is 2.39. The van der Waals surface area contributed by atoms with Gasteiger partial charge in [-0.3, -0.25) is 9.59 Å². The third-order valence-electron chi connectivity index (χ3n) is 3.36. The first kappa shape index (κ1) is 18.7. The molecule has 132 valence electrons. The van der Waals surface area contributed by atoms with E-state index < -0.39 is 35.7 Å². The summed E-state index contributed by atoms with van der Waals surface area (Å²) in [5.74, 6) is -2.60. The Kier molecular flexibility index (Phi) is 5.93. The fourth-order valence-electron chi connectivity index (χ4n) is 2.15. The van der Waals surface area contributed by atoms with Crippen molar-refractivity contribution in [2.24, 2.45) is 0 Å². The molecule has 25 heavy (non-hydrogen) atoms. The quantitative estimate of drug-likeness (QED) is 0.877. The van der Waals surface area contributed by atoms with Crippen LogP contribution in [0.4, 0.5) is 20.2 Å². The largest absolute Gasteiger partial charge is 0.495 e. The van der Waals surface area contributed by atoms with Crippen molar-refractivity contribution in [2.75, 3.05) is 23.9 Å². The van der Waals surface area contributed by atoms with Gasteiger partial charge >= 0.3 is 0 Å². The number of nitrogens with one attached hydrogen (secondary N) is 1. The molecule has 2 rings (SSSR count). The summed E-state index contributed by atoms with van der Waals surface area (Å²) in [6.07, 6.45) is 0. The van der Waals surface area contributed by atoms with Crippen LogP contribution in [-0.4, -0.2) is 25.5 Å². The molecule has 0 atom stereocenters. The lowest BCUT2D eigenvalue weighted by atomic mass is 10.2. The molecule has 0 aliphatic carbocycles. The van der Waals surface area contributed by atoms with Gasteiger partial charge in [0.25, 0.3) is 0 Å². The number of nitrogens with zero attached hydrogens (tertiary/aromatic N) is 1. The van der Waals surface area contributed by atoms with Crippen LogP contribution < -0.4 is 15.0 Å². The zero-order chi connectivity index (χ0) is 18.6. The summed E-state index contributed by atoms with van der Waals surface area (Å²) in [5.41, 5.74) is -0.216. The lowest BCUT2D eigenvalue weighted by Crippen LogP contribution is -2.37. The van der Waals surface area contributed by atoms with Gasteiger partial charge in [0.05, 0.1) is 12.1 Å². The predicted molar refractivity (Wildman–Crippen MR) is 91.0 cm³/mol. The number of hydrogen-bond acceptors (Lipinski definition) is 3. The van der Waals surface area contributed by atoms with Gasteiger partial charge in [0, 0.05) is 12.6 Å². The molecular weight excluding hydrogens is 354 g/mol. The first-order valence-corrected chi connectivity index (χ1v) is 7.56. The van der Waals surface area contributed by atoms with Crippen LogP contribution in [-0.2, 0) is 9.59 Å². The number of hydrogen-bond donors (Lipinski definition) is 1. The normalized spacial score (nSPS) is 10.3. The average molecular weight is 369 g/mol. The van der Waals surface area contributed by atoms with E-state index in [1.54, 1.807) is 12.1 Å². The highest BCUT2D eigenvalue weighted by Gasteiger charge is 2.19. The Labute approximate surface area is 148 Å². The summed E-state index contributed by atoms with van der Waals surface area (Å²) in [7, 11) is 1.44. The molecule has 8 heteroatoms. The van der Waals surface area contributed by atoms with Crippen LogP contribution >= 0.6 is 11.6 Å². The average Bonchev–Trinajstić information content (AvgIpc) is 2.56. The third-order valence-corrected chi connectivity index (χ3v) is 3.65. The fourth-order valence-corrected chi connectivity index (χ4v) is 2.40. The van der Waals surface area contributed by atoms with Gasteiger partial charge in [-0.15, -0.1) is 0 Å². The molecule has 0 unspecified atom stereocenters. The number of carbonyl (C=O) groups is 2. The second-order valence-corrected chi connectivity index (χ2v) is 5.48. The van der Waals surface area contributed by atoms with Gasteiger partial charge in [-0.2, -0.15) is 0 Å². The van der Waals surface area contributed by atoms with E-state index in [4.69, 9.17) is 16.3 Å². The van der Waals surface area contributed by atoms with Crippen LogP contribution in [0.25, 0.3) is 0 Å². The van der Waals surface area contributed by atoms with Crippen LogP contribution in [0, 0.1) is 11.6 Å². The Morgan fingerprint density at radius 3 is 2.36 bits per heavy atom. The van der Waals surface area contributed by atoms with E-state index >= 15 is 0 Å².